The Bertz CT molecular complexity index is 456. The second kappa shape index (κ2) is 6.12. The largest absolute Gasteiger partial charge is 0.384 e. The fraction of sp³-hybridized carbons (Fsp3) is 0.500. The van der Waals surface area contributed by atoms with Crippen LogP contribution in [0.3, 0.4) is 0 Å². The Morgan fingerprint density at radius 3 is 3.00 bits per heavy atom. The van der Waals surface area contributed by atoms with Gasteiger partial charge in [-0.3, -0.25) is 0 Å². The summed E-state index contributed by atoms with van der Waals surface area (Å²) in [6.45, 7) is 3.83. The molecular formula is C14H18N2OS. The van der Waals surface area contributed by atoms with E-state index in [4.69, 9.17) is 4.74 Å². The van der Waals surface area contributed by atoms with Crippen molar-refractivity contribution in [3.63, 3.8) is 0 Å². The molecule has 1 saturated heterocycles. The highest BCUT2D eigenvalue weighted by atomic mass is 32.2. The molecule has 1 heterocycles. The van der Waals surface area contributed by atoms with E-state index in [9.17, 15) is 5.26 Å². The molecule has 1 N–H and O–H groups in total. The van der Waals surface area contributed by atoms with Gasteiger partial charge in [-0.05, 0) is 31.7 Å². The number of hydrogen-bond acceptors (Lipinski definition) is 4. The molecule has 0 saturated carbocycles. The number of anilines is 1. The quantitative estimate of drug-likeness (QED) is 0.847. The average molecular weight is 262 g/mol. The predicted octanol–water partition coefficient (Wildman–Crippen LogP) is 3.12. The van der Waals surface area contributed by atoms with Crippen LogP contribution >= 0.6 is 11.8 Å². The molecule has 18 heavy (non-hydrogen) atoms. The van der Waals surface area contributed by atoms with Crippen molar-refractivity contribution in [3.05, 3.63) is 23.8 Å². The van der Waals surface area contributed by atoms with Crippen molar-refractivity contribution in [1.82, 2.24) is 0 Å². The van der Waals surface area contributed by atoms with Gasteiger partial charge in [0.05, 0.1) is 17.4 Å². The molecule has 0 amide bonds. The first-order valence-electron chi connectivity index (χ1n) is 6.19. The van der Waals surface area contributed by atoms with Crippen LogP contribution in [-0.4, -0.2) is 25.5 Å². The molecule has 2 unspecified atom stereocenters. The molecule has 0 radical (unpaired) electrons. The third kappa shape index (κ3) is 2.80. The van der Waals surface area contributed by atoms with Crippen LogP contribution in [0.1, 0.15) is 18.9 Å². The van der Waals surface area contributed by atoms with Crippen LogP contribution in [0.5, 0.6) is 0 Å². The zero-order valence-corrected chi connectivity index (χ0v) is 11.6. The second-order valence-electron chi connectivity index (χ2n) is 4.50. The van der Waals surface area contributed by atoms with E-state index in [-0.39, 0.29) is 0 Å². The number of rotatable bonds is 4. The third-order valence-corrected chi connectivity index (χ3v) is 4.23. The smallest absolute Gasteiger partial charge is 0.102 e. The van der Waals surface area contributed by atoms with Gasteiger partial charge in [0.25, 0.3) is 0 Å². The zero-order chi connectivity index (χ0) is 13.0. The number of ether oxygens (including phenoxy) is 1. The third-order valence-electron chi connectivity index (χ3n) is 3.45. The highest BCUT2D eigenvalue weighted by Crippen LogP contribution is 2.27. The summed E-state index contributed by atoms with van der Waals surface area (Å²) >= 11 is 1.61. The van der Waals surface area contributed by atoms with E-state index < -0.39 is 0 Å². The van der Waals surface area contributed by atoms with Crippen molar-refractivity contribution >= 4 is 17.4 Å². The molecule has 1 aliphatic rings. The van der Waals surface area contributed by atoms with E-state index in [1.165, 1.54) is 0 Å². The van der Waals surface area contributed by atoms with Crippen molar-refractivity contribution in [2.75, 3.05) is 24.7 Å². The van der Waals surface area contributed by atoms with Gasteiger partial charge < -0.3 is 10.1 Å². The molecule has 3 nitrogen and oxygen atoms in total. The Morgan fingerprint density at radius 1 is 1.56 bits per heavy atom. The molecule has 1 aliphatic heterocycles. The summed E-state index contributed by atoms with van der Waals surface area (Å²) < 4.78 is 5.55. The van der Waals surface area contributed by atoms with Crippen LogP contribution in [-0.2, 0) is 4.74 Å². The van der Waals surface area contributed by atoms with Crippen LogP contribution in [0.15, 0.2) is 23.1 Å². The maximum atomic E-state index is 9.25. The van der Waals surface area contributed by atoms with Crippen molar-refractivity contribution < 1.29 is 4.74 Å². The lowest BCUT2D eigenvalue weighted by atomic mass is 10.0. The molecule has 0 aromatic heterocycles. The molecule has 0 spiro atoms. The van der Waals surface area contributed by atoms with Gasteiger partial charge in [0, 0.05) is 24.0 Å². The highest BCUT2D eigenvalue weighted by Gasteiger charge is 2.24. The zero-order valence-electron chi connectivity index (χ0n) is 10.8. The minimum atomic E-state index is 0.312. The van der Waals surface area contributed by atoms with Gasteiger partial charge >= 0.3 is 0 Å². The van der Waals surface area contributed by atoms with Crippen LogP contribution in [0.2, 0.25) is 0 Å². The van der Waals surface area contributed by atoms with E-state index in [0.717, 1.165) is 35.7 Å². The highest BCUT2D eigenvalue weighted by molar-refractivity contribution is 7.98. The summed E-state index contributed by atoms with van der Waals surface area (Å²) in [5, 5.41) is 12.6. The van der Waals surface area contributed by atoms with Crippen molar-refractivity contribution in [1.29, 1.82) is 5.26 Å². The van der Waals surface area contributed by atoms with Gasteiger partial charge in [-0.2, -0.15) is 5.26 Å². The molecule has 96 valence electrons. The molecule has 2 rings (SSSR count). The fourth-order valence-corrected chi connectivity index (χ4v) is 2.82. The fourth-order valence-electron chi connectivity index (χ4n) is 2.25. The van der Waals surface area contributed by atoms with Gasteiger partial charge in [0.1, 0.15) is 6.07 Å². The summed E-state index contributed by atoms with van der Waals surface area (Å²) in [6, 6.07) is 8.23. The van der Waals surface area contributed by atoms with Crippen LogP contribution in [0.25, 0.3) is 0 Å². The monoisotopic (exact) mass is 262 g/mol. The maximum absolute atomic E-state index is 9.25. The first-order chi connectivity index (χ1) is 8.76. The van der Waals surface area contributed by atoms with Gasteiger partial charge in [0.15, 0.2) is 0 Å². The first-order valence-corrected chi connectivity index (χ1v) is 7.41. The SMILES string of the molecule is CSc1cccc(NCC2CCOC2C)c1C#N. The van der Waals surface area contributed by atoms with E-state index in [0.29, 0.717) is 12.0 Å². The number of thioether (sulfide) groups is 1. The topological polar surface area (TPSA) is 45.0 Å². The predicted molar refractivity (Wildman–Crippen MR) is 74.9 cm³/mol. The summed E-state index contributed by atoms with van der Waals surface area (Å²) in [7, 11) is 0. The number of nitrogens with zero attached hydrogens (tertiary/aromatic N) is 1. The van der Waals surface area contributed by atoms with Gasteiger partial charge in [-0.1, -0.05) is 6.07 Å². The minimum absolute atomic E-state index is 0.312. The number of nitriles is 1. The maximum Gasteiger partial charge on any atom is 0.102 e. The Labute approximate surface area is 113 Å². The summed E-state index contributed by atoms with van der Waals surface area (Å²) in [5.74, 6) is 0.537. The number of benzene rings is 1. The molecule has 1 fully saturated rings. The first kappa shape index (κ1) is 13.3. The lowest BCUT2D eigenvalue weighted by Crippen LogP contribution is -2.21. The Morgan fingerprint density at radius 2 is 2.39 bits per heavy atom. The molecule has 1 aromatic rings. The second-order valence-corrected chi connectivity index (χ2v) is 5.35. The summed E-state index contributed by atoms with van der Waals surface area (Å²) in [5.41, 5.74) is 1.68. The molecule has 2 atom stereocenters. The summed E-state index contributed by atoms with van der Waals surface area (Å²) in [6.07, 6.45) is 3.40. The van der Waals surface area contributed by atoms with E-state index >= 15 is 0 Å². The van der Waals surface area contributed by atoms with E-state index in [1.807, 2.05) is 24.5 Å². The van der Waals surface area contributed by atoms with Crippen molar-refractivity contribution in [2.45, 2.75) is 24.3 Å². The lowest BCUT2D eigenvalue weighted by Gasteiger charge is -2.17. The molecule has 4 heteroatoms. The van der Waals surface area contributed by atoms with Crippen LogP contribution < -0.4 is 5.32 Å². The van der Waals surface area contributed by atoms with E-state index in [2.05, 4.69) is 18.3 Å². The number of hydrogen-bond donors (Lipinski definition) is 1. The standard InChI is InChI=1S/C14H18N2OS/c1-10-11(6-7-17-10)9-16-13-4-3-5-14(18-2)12(13)8-15/h3-5,10-11,16H,6-7,9H2,1-2H3. The van der Waals surface area contributed by atoms with Gasteiger partial charge in [-0.25, -0.2) is 0 Å². The molecule has 0 bridgehead atoms. The van der Waals surface area contributed by atoms with Gasteiger partial charge in [0.2, 0.25) is 0 Å². The van der Waals surface area contributed by atoms with Crippen LogP contribution in [0.4, 0.5) is 5.69 Å². The minimum Gasteiger partial charge on any atom is -0.384 e. The molecule has 0 aliphatic carbocycles. The van der Waals surface area contributed by atoms with E-state index in [1.54, 1.807) is 11.8 Å². The normalized spacial score (nSPS) is 22.7. The Kier molecular flexibility index (Phi) is 4.51. The van der Waals surface area contributed by atoms with Crippen LogP contribution in [0, 0.1) is 17.2 Å². The summed E-state index contributed by atoms with van der Waals surface area (Å²) in [4.78, 5) is 1.03. The molecular weight excluding hydrogens is 244 g/mol. The lowest BCUT2D eigenvalue weighted by molar-refractivity contribution is 0.108. The van der Waals surface area contributed by atoms with Crippen molar-refractivity contribution in [3.8, 4) is 6.07 Å². The average Bonchev–Trinajstić information content (AvgIpc) is 2.81. The van der Waals surface area contributed by atoms with Gasteiger partial charge in [-0.15, -0.1) is 11.8 Å². The number of nitrogens with one attached hydrogen (secondary N) is 1. The van der Waals surface area contributed by atoms with Crippen molar-refractivity contribution in [2.24, 2.45) is 5.92 Å². The Hall–Kier alpha value is -1.18. The molecule has 1 aromatic carbocycles. The Balaban J connectivity index is 2.07.